The van der Waals surface area contributed by atoms with E-state index in [1.807, 2.05) is 12.3 Å². The summed E-state index contributed by atoms with van der Waals surface area (Å²) in [6.07, 6.45) is 3.11. The van der Waals surface area contributed by atoms with Crippen LogP contribution in [-0.2, 0) is 0 Å². The predicted octanol–water partition coefficient (Wildman–Crippen LogP) is 0.279. The van der Waals surface area contributed by atoms with E-state index in [1.165, 1.54) is 12.1 Å². The summed E-state index contributed by atoms with van der Waals surface area (Å²) < 4.78 is 1.72. The first-order valence-corrected chi connectivity index (χ1v) is 4.01. The van der Waals surface area contributed by atoms with Crippen molar-refractivity contribution >= 4 is 0 Å². The van der Waals surface area contributed by atoms with Gasteiger partial charge in [-0.05, 0) is 25.1 Å². The van der Waals surface area contributed by atoms with Crippen LogP contribution in [0.15, 0.2) is 18.3 Å². The van der Waals surface area contributed by atoms with E-state index in [0.717, 1.165) is 13.1 Å². The van der Waals surface area contributed by atoms with Crippen LogP contribution in [0.5, 0.6) is 0 Å². The highest BCUT2D eigenvalue weighted by Crippen LogP contribution is 2.20. The van der Waals surface area contributed by atoms with Crippen molar-refractivity contribution in [2.24, 2.45) is 0 Å². The van der Waals surface area contributed by atoms with Gasteiger partial charge in [-0.3, -0.25) is 4.68 Å². The third-order valence-corrected chi connectivity index (χ3v) is 2.29. The van der Waals surface area contributed by atoms with E-state index in [1.54, 1.807) is 4.68 Å². The molecule has 1 unspecified atom stereocenters. The number of hydrogen-bond acceptors (Lipinski definition) is 2. The smallest absolute Gasteiger partial charge is 0.0435 e. The van der Waals surface area contributed by atoms with Gasteiger partial charge in [-0.15, -0.1) is 0 Å². The van der Waals surface area contributed by atoms with Crippen molar-refractivity contribution in [2.75, 3.05) is 18.9 Å². The summed E-state index contributed by atoms with van der Waals surface area (Å²) in [6, 6.07) is 4.09. The fourth-order valence-corrected chi connectivity index (χ4v) is 1.66. The molecule has 1 fully saturated rings. The number of rotatable bonds is 1. The Morgan fingerprint density at radius 1 is 1.64 bits per heavy atom. The molecule has 60 valence electrons. The zero-order chi connectivity index (χ0) is 7.68. The van der Waals surface area contributed by atoms with Gasteiger partial charge in [-0.25, -0.2) is 0 Å². The van der Waals surface area contributed by atoms with Crippen LogP contribution in [0.1, 0.15) is 18.0 Å². The van der Waals surface area contributed by atoms with E-state index in [2.05, 4.69) is 11.4 Å². The molecule has 0 radical (unpaired) electrons. The molecule has 3 N–H and O–H groups in total. The molecule has 3 nitrogen and oxygen atoms in total. The number of nitrogen functional groups attached to an aromatic ring is 1. The largest absolute Gasteiger partial charge is 0.339 e. The van der Waals surface area contributed by atoms with E-state index >= 15 is 0 Å². The molecule has 2 heterocycles. The van der Waals surface area contributed by atoms with Gasteiger partial charge in [-0.1, -0.05) is 0 Å². The van der Waals surface area contributed by atoms with E-state index in [0.29, 0.717) is 5.92 Å². The lowest BCUT2D eigenvalue weighted by Gasteiger charge is -2.08. The van der Waals surface area contributed by atoms with Gasteiger partial charge in [-0.2, -0.15) is 0 Å². The van der Waals surface area contributed by atoms with E-state index in [-0.39, 0.29) is 0 Å². The van der Waals surface area contributed by atoms with Gasteiger partial charge >= 0.3 is 0 Å². The lowest BCUT2D eigenvalue weighted by atomic mass is 10.1. The SMILES string of the molecule is Nn1cccc1C1CCNC1. The van der Waals surface area contributed by atoms with Gasteiger partial charge in [0, 0.05) is 24.4 Å². The highest BCUT2D eigenvalue weighted by molar-refractivity contribution is 5.14. The van der Waals surface area contributed by atoms with E-state index in [9.17, 15) is 0 Å². The Kier molecular flexibility index (Phi) is 1.58. The zero-order valence-corrected chi connectivity index (χ0v) is 6.46. The minimum absolute atomic E-state index is 0.620. The molecule has 0 aliphatic carbocycles. The maximum atomic E-state index is 5.71. The highest BCUT2D eigenvalue weighted by Gasteiger charge is 2.18. The fraction of sp³-hybridized carbons (Fsp3) is 0.500. The number of hydrogen-bond donors (Lipinski definition) is 2. The molecule has 2 rings (SSSR count). The molecule has 0 bridgehead atoms. The van der Waals surface area contributed by atoms with Crippen molar-refractivity contribution in [1.82, 2.24) is 9.99 Å². The van der Waals surface area contributed by atoms with Crippen LogP contribution in [0.25, 0.3) is 0 Å². The molecular formula is C8H13N3. The van der Waals surface area contributed by atoms with Crippen molar-refractivity contribution < 1.29 is 0 Å². The molecule has 0 saturated carbocycles. The number of nitrogens with zero attached hydrogens (tertiary/aromatic N) is 1. The minimum Gasteiger partial charge on any atom is -0.339 e. The Bertz CT molecular complexity index is 235. The normalized spacial score (nSPS) is 24.2. The topological polar surface area (TPSA) is 43.0 Å². The average molecular weight is 151 g/mol. The molecule has 0 spiro atoms. The maximum Gasteiger partial charge on any atom is 0.0435 e. The average Bonchev–Trinajstić information content (AvgIpc) is 2.55. The van der Waals surface area contributed by atoms with Gasteiger partial charge in [0.05, 0.1) is 0 Å². The van der Waals surface area contributed by atoms with Crippen molar-refractivity contribution in [3.05, 3.63) is 24.0 Å². The quantitative estimate of drug-likeness (QED) is 0.566. The van der Waals surface area contributed by atoms with Gasteiger partial charge in [0.1, 0.15) is 0 Å². The Balaban J connectivity index is 2.21. The molecule has 1 aliphatic heterocycles. The molecule has 1 aromatic heterocycles. The summed E-state index contributed by atoms with van der Waals surface area (Å²) in [4.78, 5) is 0. The third kappa shape index (κ3) is 1.12. The van der Waals surface area contributed by atoms with Gasteiger partial charge in [0.15, 0.2) is 0 Å². The Morgan fingerprint density at radius 3 is 3.09 bits per heavy atom. The molecule has 1 aliphatic rings. The van der Waals surface area contributed by atoms with Crippen LogP contribution in [0.2, 0.25) is 0 Å². The van der Waals surface area contributed by atoms with Gasteiger partial charge < -0.3 is 11.2 Å². The number of aromatic nitrogens is 1. The standard InChI is InChI=1S/C8H13N3/c9-11-5-1-2-8(11)7-3-4-10-6-7/h1-2,5,7,10H,3-4,6,9H2. The molecule has 0 amide bonds. The molecule has 3 heteroatoms. The summed E-state index contributed by atoms with van der Waals surface area (Å²) in [5, 5.41) is 3.32. The Hall–Kier alpha value is -0.960. The van der Waals surface area contributed by atoms with Crippen molar-refractivity contribution in [3.63, 3.8) is 0 Å². The van der Waals surface area contributed by atoms with Crippen LogP contribution in [0.4, 0.5) is 0 Å². The molecule has 1 saturated heterocycles. The predicted molar refractivity (Wildman–Crippen MR) is 44.8 cm³/mol. The second-order valence-corrected chi connectivity index (χ2v) is 3.03. The summed E-state index contributed by atoms with van der Waals surface area (Å²) in [7, 11) is 0. The number of nitrogens with one attached hydrogen (secondary N) is 1. The van der Waals surface area contributed by atoms with Crippen LogP contribution < -0.4 is 11.2 Å². The molecule has 1 atom stereocenters. The van der Waals surface area contributed by atoms with E-state index < -0.39 is 0 Å². The minimum atomic E-state index is 0.620. The molecule has 11 heavy (non-hydrogen) atoms. The summed E-state index contributed by atoms with van der Waals surface area (Å²) in [5.41, 5.74) is 1.25. The van der Waals surface area contributed by atoms with Crippen LogP contribution in [-0.4, -0.2) is 17.8 Å². The lowest BCUT2D eigenvalue weighted by molar-refractivity contribution is 0.703. The molecular weight excluding hydrogens is 138 g/mol. The van der Waals surface area contributed by atoms with Crippen molar-refractivity contribution in [2.45, 2.75) is 12.3 Å². The second kappa shape index (κ2) is 2.58. The molecule has 1 aromatic rings. The maximum absolute atomic E-state index is 5.71. The molecule has 0 aromatic carbocycles. The third-order valence-electron chi connectivity index (χ3n) is 2.29. The fourth-order valence-electron chi connectivity index (χ4n) is 1.66. The summed E-state index contributed by atoms with van der Waals surface area (Å²) in [5.74, 6) is 6.33. The first-order chi connectivity index (χ1) is 5.38. The van der Waals surface area contributed by atoms with Crippen molar-refractivity contribution in [3.8, 4) is 0 Å². The van der Waals surface area contributed by atoms with Crippen LogP contribution in [0.3, 0.4) is 0 Å². The first kappa shape index (κ1) is 6.73. The second-order valence-electron chi connectivity index (χ2n) is 3.03. The Morgan fingerprint density at radius 2 is 2.55 bits per heavy atom. The summed E-state index contributed by atoms with van der Waals surface area (Å²) in [6.45, 7) is 2.19. The number of nitrogens with two attached hydrogens (primary N) is 1. The first-order valence-electron chi connectivity index (χ1n) is 4.01. The van der Waals surface area contributed by atoms with Crippen molar-refractivity contribution in [1.29, 1.82) is 0 Å². The van der Waals surface area contributed by atoms with E-state index in [4.69, 9.17) is 5.84 Å². The van der Waals surface area contributed by atoms with Crippen LogP contribution in [0, 0.1) is 0 Å². The van der Waals surface area contributed by atoms with Gasteiger partial charge in [0.2, 0.25) is 0 Å². The summed E-state index contributed by atoms with van der Waals surface area (Å²) >= 11 is 0. The Labute approximate surface area is 66.2 Å². The van der Waals surface area contributed by atoms with Gasteiger partial charge in [0.25, 0.3) is 0 Å². The van der Waals surface area contributed by atoms with Crippen LogP contribution >= 0.6 is 0 Å². The zero-order valence-electron chi connectivity index (χ0n) is 6.46. The lowest BCUT2D eigenvalue weighted by Crippen LogP contribution is -2.15. The highest BCUT2D eigenvalue weighted by atomic mass is 15.3. The monoisotopic (exact) mass is 151 g/mol.